The van der Waals surface area contributed by atoms with Crippen LogP contribution in [0.5, 0.6) is 5.75 Å². The molecule has 104 valence electrons. The molecule has 0 saturated carbocycles. The topological polar surface area (TPSA) is 64.3 Å². The Balaban J connectivity index is 1.88. The molecule has 1 aromatic carbocycles. The Morgan fingerprint density at radius 1 is 1.25 bits per heavy atom. The van der Waals surface area contributed by atoms with E-state index in [1.165, 1.54) is 5.56 Å². The first kappa shape index (κ1) is 12.7. The van der Waals surface area contributed by atoms with Crippen molar-refractivity contribution >= 4 is 11.6 Å². The molecule has 1 aromatic heterocycles. The Morgan fingerprint density at radius 3 is 2.75 bits per heavy atom. The van der Waals surface area contributed by atoms with Crippen molar-refractivity contribution in [2.75, 3.05) is 24.3 Å². The average molecular weight is 270 g/mol. The molecule has 5 nitrogen and oxygen atoms in total. The fourth-order valence-corrected chi connectivity index (χ4v) is 2.72. The number of hydrogen-bond acceptors (Lipinski definition) is 5. The molecule has 1 saturated heterocycles. The number of nitrogens with two attached hydrogens (primary N) is 1. The monoisotopic (exact) mass is 270 g/mol. The first-order chi connectivity index (χ1) is 9.78. The number of hydrogen-bond donors (Lipinski definition) is 1. The molecule has 0 radical (unpaired) electrons. The maximum atomic E-state index is 5.73. The molecule has 1 aliphatic heterocycles. The average Bonchev–Trinajstić information content (AvgIpc) is 2.97. The van der Waals surface area contributed by atoms with Crippen LogP contribution in [0.3, 0.4) is 0 Å². The van der Waals surface area contributed by atoms with Gasteiger partial charge in [0, 0.05) is 6.54 Å². The minimum Gasteiger partial charge on any atom is -0.497 e. The minimum absolute atomic E-state index is 0.331. The molecule has 1 atom stereocenters. The van der Waals surface area contributed by atoms with Crippen molar-refractivity contribution < 1.29 is 4.74 Å². The summed E-state index contributed by atoms with van der Waals surface area (Å²) in [5.74, 6) is 2.19. The summed E-state index contributed by atoms with van der Waals surface area (Å²) in [4.78, 5) is 10.8. The van der Waals surface area contributed by atoms with Gasteiger partial charge in [-0.3, -0.25) is 4.98 Å². The lowest BCUT2D eigenvalue weighted by atomic mass is 10.0. The molecule has 20 heavy (non-hydrogen) atoms. The molecule has 2 N–H and O–H groups in total. The van der Waals surface area contributed by atoms with Crippen LogP contribution < -0.4 is 15.4 Å². The van der Waals surface area contributed by atoms with Gasteiger partial charge in [0.25, 0.3) is 0 Å². The molecule has 1 fully saturated rings. The van der Waals surface area contributed by atoms with Gasteiger partial charge in [0.15, 0.2) is 0 Å². The van der Waals surface area contributed by atoms with Gasteiger partial charge in [0.2, 0.25) is 0 Å². The number of rotatable bonds is 3. The Bertz CT molecular complexity index is 585. The Hall–Kier alpha value is -2.30. The highest BCUT2D eigenvalue weighted by Crippen LogP contribution is 2.35. The Kier molecular flexibility index (Phi) is 3.41. The molecular weight excluding hydrogens is 252 g/mol. The predicted octanol–water partition coefficient (Wildman–Crippen LogP) is 2.41. The highest BCUT2D eigenvalue weighted by molar-refractivity contribution is 5.46. The van der Waals surface area contributed by atoms with Gasteiger partial charge in [-0.05, 0) is 30.5 Å². The maximum Gasteiger partial charge on any atom is 0.150 e. The number of anilines is 2. The van der Waals surface area contributed by atoms with Crippen molar-refractivity contribution in [1.82, 2.24) is 9.97 Å². The minimum atomic E-state index is 0.331. The maximum absolute atomic E-state index is 5.73. The van der Waals surface area contributed by atoms with Crippen molar-refractivity contribution in [2.24, 2.45) is 0 Å². The normalized spacial score (nSPS) is 18.2. The third-order valence-corrected chi connectivity index (χ3v) is 3.69. The van der Waals surface area contributed by atoms with E-state index in [2.05, 4.69) is 27.0 Å². The van der Waals surface area contributed by atoms with Crippen LogP contribution in [0, 0.1) is 0 Å². The smallest absolute Gasteiger partial charge is 0.150 e. The number of nitrogens with zero attached hydrogens (tertiary/aromatic N) is 3. The molecule has 2 aromatic rings. The molecule has 0 bridgehead atoms. The summed E-state index contributed by atoms with van der Waals surface area (Å²) in [6, 6.07) is 8.55. The molecule has 0 aliphatic carbocycles. The van der Waals surface area contributed by atoms with Crippen LogP contribution in [-0.2, 0) is 0 Å². The zero-order valence-corrected chi connectivity index (χ0v) is 11.5. The van der Waals surface area contributed by atoms with Crippen molar-refractivity contribution in [3.8, 4) is 5.75 Å². The van der Waals surface area contributed by atoms with Gasteiger partial charge >= 0.3 is 0 Å². The van der Waals surface area contributed by atoms with Crippen molar-refractivity contribution in [3.63, 3.8) is 0 Å². The third-order valence-electron chi connectivity index (χ3n) is 3.69. The van der Waals surface area contributed by atoms with Crippen molar-refractivity contribution in [2.45, 2.75) is 18.9 Å². The van der Waals surface area contributed by atoms with Crippen LogP contribution in [-0.4, -0.2) is 23.6 Å². The van der Waals surface area contributed by atoms with E-state index in [4.69, 9.17) is 10.5 Å². The van der Waals surface area contributed by atoms with Crippen LogP contribution in [0.1, 0.15) is 24.4 Å². The number of aromatic nitrogens is 2. The number of methoxy groups -OCH3 is 1. The van der Waals surface area contributed by atoms with Crippen LogP contribution in [0.4, 0.5) is 11.6 Å². The van der Waals surface area contributed by atoms with E-state index in [-0.39, 0.29) is 0 Å². The standard InChI is InChI=1S/C15H18N4O/c1-20-12-6-4-11(5-7-12)13-3-2-8-19(13)15-10-17-9-14(16)18-15/h4-7,9-10,13H,2-3,8H2,1H3,(H2,16,18). The van der Waals surface area contributed by atoms with Gasteiger partial charge in [-0.1, -0.05) is 12.1 Å². The highest BCUT2D eigenvalue weighted by Gasteiger charge is 2.27. The van der Waals surface area contributed by atoms with E-state index in [9.17, 15) is 0 Å². The molecule has 5 heteroatoms. The molecule has 1 unspecified atom stereocenters. The highest BCUT2D eigenvalue weighted by atomic mass is 16.5. The molecule has 3 rings (SSSR count). The summed E-state index contributed by atoms with van der Waals surface area (Å²) < 4.78 is 5.21. The van der Waals surface area contributed by atoms with Crippen LogP contribution in [0.2, 0.25) is 0 Å². The van der Waals surface area contributed by atoms with Gasteiger partial charge in [-0.25, -0.2) is 4.98 Å². The van der Waals surface area contributed by atoms with Gasteiger partial charge in [0.1, 0.15) is 17.4 Å². The largest absolute Gasteiger partial charge is 0.497 e. The first-order valence-corrected chi connectivity index (χ1v) is 6.76. The second-order valence-corrected chi connectivity index (χ2v) is 4.93. The second-order valence-electron chi connectivity index (χ2n) is 4.93. The van der Waals surface area contributed by atoms with E-state index in [0.29, 0.717) is 11.9 Å². The van der Waals surface area contributed by atoms with Gasteiger partial charge in [-0.2, -0.15) is 0 Å². The van der Waals surface area contributed by atoms with Crippen molar-refractivity contribution in [3.05, 3.63) is 42.2 Å². The van der Waals surface area contributed by atoms with E-state index >= 15 is 0 Å². The van der Waals surface area contributed by atoms with Crippen LogP contribution in [0.25, 0.3) is 0 Å². The summed E-state index contributed by atoms with van der Waals surface area (Å²) in [6.07, 6.45) is 5.61. The van der Waals surface area contributed by atoms with Gasteiger partial charge in [-0.15, -0.1) is 0 Å². The zero-order valence-electron chi connectivity index (χ0n) is 11.5. The van der Waals surface area contributed by atoms with E-state index in [0.717, 1.165) is 31.0 Å². The lowest BCUT2D eigenvalue weighted by molar-refractivity contribution is 0.414. The lowest BCUT2D eigenvalue weighted by Crippen LogP contribution is -2.23. The van der Waals surface area contributed by atoms with Gasteiger partial charge < -0.3 is 15.4 Å². The van der Waals surface area contributed by atoms with E-state index in [1.807, 2.05) is 12.1 Å². The fourth-order valence-electron chi connectivity index (χ4n) is 2.72. The fraction of sp³-hybridized carbons (Fsp3) is 0.333. The molecular formula is C15H18N4O. The summed E-state index contributed by atoms with van der Waals surface area (Å²) in [7, 11) is 1.68. The number of ether oxygens (including phenoxy) is 1. The Labute approximate surface area is 118 Å². The van der Waals surface area contributed by atoms with Crippen molar-refractivity contribution in [1.29, 1.82) is 0 Å². The molecule has 0 amide bonds. The van der Waals surface area contributed by atoms with Crippen LogP contribution in [0.15, 0.2) is 36.7 Å². The number of benzene rings is 1. The number of nitrogen functional groups attached to an aromatic ring is 1. The molecule has 2 heterocycles. The molecule has 0 spiro atoms. The summed E-state index contributed by atoms with van der Waals surface area (Å²) in [6.45, 7) is 0.981. The van der Waals surface area contributed by atoms with E-state index in [1.54, 1.807) is 19.5 Å². The van der Waals surface area contributed by atoms with E-state index < -0.39 is 0 Å². The predicted molar refractivity (Wildman–Crippen MR) is 78.8 cm³/mol. The first-order valence-electron chi connectivity index (χ1n) is 6.76. The summed E-state index contributed by atoms with van der Waals surface area (Å²) in [5, 5.41) is 0. The zero-order chi connectivity index (χ0) is 13.9. The summed E-state index contributed by atoms with van der Waals surface area (Å²) in [5.41, 5.74) is 7.00. The Morgan fingerprint density at radius 2 is 2.05 bits per heavy atom. The lowest BCUT2D eigenvalue weighted by Gasteiger charge is -2.26. The second kappa shape index (κ2) is 5.36. The van der Waals surface area contributed by atoms with Gasteiger partial charge in [0.05, 0.1) is 25.5 Å². The third kappa shape index (κ3) is 2.39. The quantitative estimate of drug-likeness (QED) is 0.927. The molecule has 1 aliphatic rings. The summed E-state index contributed by atoms with van der Waals surface area (Å²) >= 11 is 0. The van der Waals surface area contributed by atoms with Crippen LogP contribution >= 0.6 is 0 Å². The SMILES string of the molecule is COc1ccc(C2CCCN2c2cncc(N)n2)cc1.